The highest BCUT2D eigenvalue weighted by Gasteiger charge is 2.24. The van der Waals surface area contributed by atoms with Crippen LogP contribution in [0.2, 0.25) is 0 Å². The highest BCUT2D eigenvalue weighted by Crippen LogP contribution is 2.29. The molecule has 1 aromatic rings. The van der Waals surface area contributed by atoms with Crippen molar-refractivity contribution < 1.29 is 19.2 Å². The van der Waals surface area contributed by atoms with Crippen LogP contribution in [0.4, 0.5) is 16.2 Å². The quantitative estimate of drug-likeness (QED) is 0.570. The molecule has 1 heterocycles. The van der Waals surface area contributed by atoms with Crippen LogP contribution >= 0.6 is 0 Å². The van der Waals surface area contributed by atoms with E-state index in [4.69, 9.17) is 4.74 Å². The van der Waals surface area contributed by atoms with Gasteiger partial charge in [0, 0.05) is 31.7 Å². The van der Waals surface area contributed by atoms with Crippen LogP contribution in [0.25, 0.3) is 0 Å². The summed E-state index contributed by atoms with van der Waals surface area (Å²) in [7, 11) is 1.42. The second kappa shape index (κ2) is 9.55. The minimum Gasteiger partial charge on any atom is -0.496 e. The van der Waals surface area contributed by atoms with Crippen LogP contribution in [0, 0.1) is 10.1 Å². The third-order valence-corrected chi connectivity index (χ3v) is 4.40. The molecule has 1 fully saturated rings. The number of hydrogen-bond acceptors (Lipinski definition) is 6. The van der Waals surface area contributed by atoms with Gasteiger partial charge in [-0.25, -0.2) is 4.79 Å². The Morgan fingerprint density at radius 3 is 2.55 bits per heavy atom. The van der Waals surface area contributed by atoms with Gasteiger partial charge < -0.3 is 20.3 Å². The number of ether oxygens (including phenoxy) is 1. The van der Waals surface area contributed by atoms with Gasteiger partial charge in [0.15, 0.2) is 0 Å². The molecule has 0 atom stereocenters. The summed E-state index contributed by atoms with van der Waals surface area (Å²) in [6, 6.07) is 3.88. The second-order valence-electron chi connectivity index (χ2n) is 7.99. The van der Waals surface area contributed by atoms with Crippen molar-refractivity contribution in [2.24, 2.45) is 0 Å². The fourth-order valence-corrected chi connectivity index (χ4v) is 3.08. The maximum Gasteiger partial charge on any atom is 0.322 e. The molecule has 1 aliphatic rings. The molecule has 0 saturated carbocycles. The maximum absolute atomic E-state index is 12.6. The Hall–Kier alpha value is -2.88. The van der Waals surface area contributed by atoms with Crippen molar-refractivity contribution in [2.75, 3.05) is 45.2 Å². The fraction of sp³-hybridized carbons (Fsp3) is 0.579. The van der Waals surface area contributed by atoms with E-state index in [1.54, 1.807) is 11.0 Å². The van der Waals surface area contributed by atoms with E-state index in [0.29, 0.717) is 38.3 Å². The van der Waals surface area contributed by atoms with Crippen LogP contribution in [0.1, 0.15) is 27.2 Å². The van der Waals surface area contributed by atoms with E-state index in [-0.39, 0.29) is 29.4 Å². The number of amides is 3. The predicted molar refractivity (Wildman–Crippen MR) is 109 cm³/mol. The number of rotatable bonds is 5. The van der Waals surface area contributed by atoms with E-state index < -0.39 is 11.0 Å². The highest BCUT2D eigenvalue weighted by atomic mass is 16.6. The van der Waals surface area contributed by atoms with E-state index in [0.717, 1.165) is 0 Å². The summed E-state index contributed by atoms with van der Waals surface area (Å²) in [6.07, 6.45) is 0.709. The van der Waals surface area contributed by atoms with Crippen LogP contribution in [-0.4, -0.2) is 72.0 Å². The molecule has 2 N–H and O–H groups in total. The summed E-state index contributed by atoms with van der Waals surface area (Å²) in [5.74, 6) is 0.290. The standard InChI is InChI=1S/C19H29N5O5/c1-19(2,3)21-17(25)13-22-8-5-9-23(11-10-22)18(26)20-15-7-6-14(29-4)12-16(15)24(27)28/h6-7,12H,5,8-11,13H2,1-4H3,(H,20,26)(H,21,25). The lowest BCUT2D eigenvalue weighted by molar-refractivity contribution is -0.384. The van der Waals surface area contributed by atoms with Crippen molar-refractivity contribution >= 4 is 23.3 Å². The second-order valence-corrected chi connectivity index (χ2v) is 7.99. The summed E-state index contributed by atoms with van der Waals surface area (Å²) in [4.78, 5) is 39.1. The minimum atomic E-state index is -0.559. The van der Waals surface area contributed by atoms with Crippen LogP contribution in [0.5, 0.6) is 5.75 Å². The molecule has 0 spiro atoms. The monoisotopic (exact) mass is 407 g/mol. The molecular formula is C19H29N5O5. The van der Waals surface area contributed by atoms with Crippen LogP contribution in [0.15, 0.2) is 18.2 Å². The summed E-state index contributed by atoms with van der Waals surface area (Å²) in [6.45, 7) is 8.25. The first kappa shape index (κ1) is 22.4. The first-order valence-corrected chi connectivity index (χ1v) is 9.51. The Bertz CT molecular complexity index is 762. The molecule has 2 rings (SSSR count). The minimum absolute atomic E-state index is 0.0516. The lowest BCUT2D eigenvalue weighted by atomic mass is 10.1. The molecule has 0 bridgehead atoms. The van der Waals surface area contributed by atoms with Crippen LogP contribution in [0.3, 0.4) is 0 Å². The zero-order valence-corrected chi connectivity index (χ0v) is 17.4. The van der Waals surface area contributed by atoms with Gasteiger partial charge in [0.2, 0.25) is 5.91 Å². The Kier molecular flexibility index (Phi) is 7.38. The summed E-state index contributed by atoms with van der Waals surface area (Å²) in [5.41, 5.74) is -0.401. The van der Waals surface area contributed by atoms with Gasteiger partial charge in [0.25, 0.3) is 5.69 Å². The summed E-state index contributed by atoms with van der Waals surface area (Å²) >= 11 is 0. The third-order valence-electron chi connectivity index (χ3n) is 4.40. The molecule has 10 heteroatoms. The van der Waals surface area contributed by atoms with Crippen molar-refractivity contribution in [2.45, 2.75) is 32.7 Å². The number of carbonyl (C=O) groups is 2. The van der Waals surface area contributed by atoms with E-state index >= 15 is 0 Å². The Morgan fingerprint density at radius 2 is 1.93 bits per heavy atom. The number of nitrogens with zero attached hydrogens (tertiary/aromatic N) is 3. The van der Waals surface area contributed by atoms with Gasteiger partial charge >= 0.3 is 6.03 Å². The SMILES string of the molecule is COc1ccc(NC(=O)N2CCCN(CC(=O)NC(C)(C)C)CC2)c([N+](=O)[O-])c1. The molecule has 0 aromatic heterocycles. The number of urea groups is 1. The fourth-order valence-electron chi connectivity index (χ4n) is 3.08. The first-order chi connectivity index (χ1) is 13.6. The van der Waals surface area contributed by atoms with Gasteiger partial charge in [-0.05, 0) is 39.3 Å². The van der Waals surface area contributed by atoms with E-state index in [9.17, 15) is 19.7 Å². The van der Waals surface area contributed by atoms with Crippen molar-refractivity contribution in [3.05, 3.63) is 28.3 Å². The average molecular weight is 407 g/mol. The number of carbonyl (C=O) groups excluding carboxylic acids is 2. The lowest BCUT2D eigenvalue weighted by Gasteiger charge is -2.25. The number of nitro groups is 1. The molecule has 1 saturated heterocycles. The molecule has 3 amide bonds. The number of benzene rings is 1. The van der Waals surface area contributed by atoms with E-state index in [1.165, 1.54) is 19.2 Å². The molecule has 10 nitrogen and oxygen atoms in total. The maximum atomic E-state index is 12.6. The molecule has 1 aliphatic heterocycles. The number of nitro benzene ring substituents is 1. The van der Waals surface area contributed by atoms with Crippen molar-refractivity contribution in [1.29, 1.82) is 0 Å². The average Bonchev–Trinajstić information content (AvgIpc) is 2.85. The predicted octanol–water partition coefficient (Wildman–Crippen LogP) is 2.06. The largest absolute Gasteiger partial charge is 0.496 e. The van der Waals surface area contributed by atoms with Crippen LogP contribution < -0.4 is 15.4 Å². The van der Waals surface area contributed by atoms with E-state index in [1.807, 2.05) is 25.7 Å². The lowest BCUT2D eigenvalue weighted by Crippen LogP contribution is -2.46. The molecule has 29 heavy (non-hydrogen) atoms. The van der Waals surface area contributed by atoms with Gasteiger partial charge in [0.1, 0.15) is 11.4 Å². The van der Waals surface area contributed by atoms with Gasteiger partial charge in [-0.1, -0.05) is 0 Å². The number of anilines is 1. The van der Waals surface area contributed by atoms with E-state index in [2.05, 4.69) is 10.6 Å². The number of nitrogens with one attached hydrogen (secondary N) is 2. The normalized spacial score (nSPS) is 15.4. The molecule has 0 radical (unpaired) electrons. The Labute approximate surface area is 170 Å². The number of methoxy groups -OCH3 is 1. The molecule has 1 aromatic carbocycles. The molecule has 0 unspecified atom stereocenters. The third kappa shape index (κ3) is 6.90. The zero-order valence-electron chi connectivity index (χ0n) is 17.4. The zero-order chi connectivity index (χ0) is 21.6. The Morgan fingerprint density at radius 1 is 1.21 bits per heavy atom. The smallest absolute Gasteiger partial charge is 0.322 e. The topological polar surface area (TPSA) is 117 Å². The first-order valence-electron chi connectivity index (χ1n) is 9.51. The van der Waals surface area contributed by atoms with Gasteiger partial charge in [-0.3, -0.25) is 19.8 Å². The summed E-state index contributed by atoms with van der Waals surface area (Å²) < 4.78 is 5.01. The summed E-state index contributed by atoms with van der Waals surface area (Å²) in [5, 5.41) is 16.8. The van der Waals surface area contributed by atoms with Crippen molar-refractivity contribution in [3.8, 4) is 5.75 Å². The van der Waals surface area contributed by atoms with Crippen molar-refractivity contribution in [1.82, 2.24) is 15.1 Å². The molecule has 0 aliphatic carbocycles. The number of hydrogen-bond donors (Lipinski definition) is 2. The molecular weight excluding hydrogens is 378 g/mol. The Balaban J connectivity index is 1.96. The molecule has 160 valence electrons. The van der Waals surface area contributed by atoms with Gasteiger partial charge in [-0.15, -0.1) is 0 Å². The van der Waals surface area contributed by atoms with Gasteiger partial charge in [0.05, 0.1) is 24.6 Å². The van der Waals surface area contributed by atoms with Gasteiger partial charge in [-0.2, -0.15) is 0 Å². The van der Waals surface area contributed by atoms with Crippen molar-refractivity contribution in [3.63, 3.8) is 0 Å². The van der Waals surface area contributed by atoms with Crippen LogP contribution in [-0.2, 0) is 4.79 Å². The highest BCUT2D eigenvalue weighted by molar-refractivity contribution is 5.92.